The molecule has 2 N–H and O–H groups in total. The first-order valence-electron chi connectivity index (χ1n) is 8.65. The van der Waals surface area contributed by atoms with Crippen molar-refractivity contribution in [1.29, 1.82) is 0 Å². The molecular weight excluding hydrogens is 441 g/mol. The van der Waals surface area contributed by atoms with E-state index in [1.54, 1.807) is 7.11 Å². The van der Waals surface area contributed by atoms with Crippen LogP contribution in [0.4, 0.5) is 5.82 Å². The van der Waals surface area contributed by atoms with Gasteiger partial charge in [0.1, 0.15) is 5.82 Å². The fourth-order valence-electron chi connectivity index (χ4n) is 2.60. The maximum atomic E-state index is 5.19. The van der Waals surface area contributed by atoms with Crippen LogP contribution in [-0.4, -0.2) is 51.3 Å². The van der Waals surface area contributed by atoms with E-state index in [-0.39, 0.29) is 30.0 Å². The fourth-order valence-corrected chi connectivity index (χ4v) is 2.60. The van der Waals surface area contributed by atoms with E-state index < -0.39 is 0 Å². The van der Waals surface area contributed by atoms with Crippen LogP contribution in [0, 0.1) is 0 Å². The van der Waals surface area contributed by atoms with Crippen molar-refractivity contribution in [2.45, 2.75) is 26.4 Å². The molecule has 2 rings (SSSR count). The van der Waals surface area contributed by atoms with Gasteiger partial charge in [0.15, 0.2) is 5.96 Å². The average molecular weight is 471 g/mol. The van der Waals surface area contributed by atoms with Crippen LogP contribution in [0.3, 0.4) is 0 Å². The summed E-state index contributed by atoms with van der Waals surface area (Å²) >= 11 is 0. The molecule has 1 heterocycles. The topological polar surface area (TPSA) is 61.8 Å². The number of hydrogen-bond donors (Lipinski definition) is 2. The van der Waals surface area contributed by atoms with Crippen LogP contribution in [0.2, 0.25) is 0 Å². The van der Waals surface area contributed by atoms with Crippen molar-refractivity contribution < 1.29 is 4.74 Å². The number of halogens is 1. The number of methoxy groups -OCH3 is 1. The number of guanidine groups is 1. The first-order valence-corrected chi connectivity index (χ1v) is 8.65. The molecule has 0 amide bonds. The van der Waals surface area contributed by atoms with Gasteiger partial charge in [-0.05, 0) is 31.5 Å². The Morgan fingerprint density at radius 2 is 2.04 bits per heavy atom. The average Bonchev–Trinajstić information content (AvgIpc) is 2.59. The number of hydrogen-bond acceptors (Lipinski definition) is 4. The first-order chi connectivity index (χ1) is 12.0. The van der Waals surface area contributed by atoms with Gasteiger partial charge < -0.3 is 20.3 Å². The van der Waals surface area contributed by atoms with Gasteiger partial charge in [0.2, 0.25) is 0 Å². The van der Waals surface area contributed by atoms with Crippen LogP contribution < -0.4 is 15.5 Å². The summed E-state index contributed by atoms with van der Waals surface area (Å²) in [5.41, 5.74) is 2.15. The highest BCUT2D eigenvalue weighted by Gasteiger charge is 2.08. The van der Waals surface area contributed by atoms with Gasteiger partial charge in [-0.3, -0.25) is 0 Å². The van der Waals surface area contributed by atoms with E-state index in [0.717, 1.165) is 34.8 Å². The molecule has 7 heteroatoms. The molecule has 0 bridgehead atoms. The van der Waals surface area contributed by atoms with Crippen LogP contribution in [-0.2, 0) is 11.3 Å². The van der Waals surface area contributed by atoms with E-state index in [1.807, 2.05) is 37.2 Å². The Balaban J connectivity index is 0.00000338. The number of ether oxygens (including phenoxy) is 1. The molecule has 0 saturated heterocycles. The molecule has 1 atom stereocenters. The van der Waals surface area contributed by atoms with Gasteiger partial charge in [-0.15, -0.1) is 24.0 Å². The molecule has 0 aliphatic carbocycles. The van der Waals surface area contributed by atoms with Crippen molar-refractivity contribution >= 4 is 46.7 Å². The summed E-state index contributed by atoms with van der Waals surface area (Å²) in [5.74, 6) is 1.73. The molecule has 1 unspecified atom stereocenters. The second kappa shape index (κ2) is 11.2. The third kappa shape index (κ3) is 6.28. The molecule has 26 heavy (non-hydrogen) atoms. The SMILES string of the molecule is CCNC(=NCc1cc(N(C)C)nc2ccccc12)NC(C)COC.I. The number of nitrogens with one attached hydrogen (secondary N) is 2. The Labute approximate surface area is 173 Å². The molecule has 0 aliphatic heterocycles. The number of fused-ring (bicyclic) bond motifs is 1. The zero-order valence-corrected chi connectivity index (χ0v) is 18.6. The summed E-state index contributed by atoms with van der Waals surface area (Å²) in [6.07, 6.45) is 0. The monoisotopic (exact) mass is 471 g/mol. The number of rotatable bonds is 7. The minimum absolute atomic E-state index is 0. The van der Waals surface area contributed by atoms with Crippen molar-refractivity contribution in [1.82, 2.24) is 15.6 Å². The van der Waals surface area contributed by atoms with Gasteiger partial charge in [-0.1, -0.05) is 18.2 Å². The highest BCUT2D eigenvalue weighted by molar-refractivity contribution is 14.0. The van der Waals surface area contributed by atoms with Crippen LogP contribution in [0.15, 0.2) is 35.3 Å². The number of aliphatic imine (C=N–C) groups is 1. The highest BCUT2D eigenvalue weighted by Crippen LogP contribution is 2.22. The van der Waals surface area contributed by atoms with Crippen molar-refractivity contribution in [3.05, 3.63) is 35.9 Å². The number of pyridine rings is 1. The van der Waals surface area contributed by atoms with Crippen molar-refractivity contribution in [2.24, 2.45) is 4.99 Å². The molecule has 1 aromatic carbocycles. The maximum Gasteiger partial charge on any atom is 0.191 e. The third-order valence-electron chi connectivity index (χ3n) is 3.80. The minimum Gasteiger partial charge on any atom is -0.383 e. The first kappa shape index (κ1) is 22.4. The van der Waals surface area contributed by atoms with Gasteiger partial charge in [-0.25, -0.2) is 9.98 Å². The molecule has 6 nitrogen and oxygen atoms in total. The van der Waals surface area contributed by atoms with Crippen LogP contribution in [0.25, 0.3) is 10.9 Å². The molecule has 1 aromatic heterocycles. The van der Waals surface area contributed by atoms with Gasteiger partial charge in [0.25, 0.3) is 0 Å². The summed E-state index contributed by atoms with van der Waals surface area (Å²) in [5, 5.41) is 7.78. The van der Waals surface area contributed by atoms with Gasteiger partial charge >= 0.3 is 0 Å². The zero-order valence-electron chi connectivity index (χ0n) is 16.2. The zero-order chi connectivity index (χ0) is 18.2. The molecule has 0 saturated carbocycles. The summed E-state index contributed by atoms with van der Waals surface area (Å²) in [4.78, 5) is 11.5. The lowest BCUT2D eigenvalue weighted by Gasteiger charge is -2.18. The normalized spacial score (nSPS) is 12.4. The lowest BCUT2D eigenvalue weighted by molar-refractivity contribution is 0.179. The van der Waals surface area contributed by atoms with Gasteiger partial charge in [0, 0.05) is 39.2 Å². The predicted molar refractivity (Wildman–Crippen MR) is 121 cm³/mol. The molecule has 0 fully saturated rings. The molecular formula is C19H30IN5O. The quantitative estimate of drug-likeness (QED) is 0.370. The van der Waals surface area contributed by atoms with E-state index in [4.69, 9.17) is 14.7 Å². The Morgan fingerprint density at radius 3 is 2.69 bits per heavy atom. The fraction of sp³-hybridized carbons (Fsp3) is 0.474. The van der Waals surface area contributed by atoms with E-state index >= 15 is 0 Å². The largest absolute Gasteiger partial charge is 0.383 e. The smallest absolute Gasteiger partial charge is 0.191 e. The van der Waals surface area contributed by atoms with E-state index in [0.29, 0.717) is 13.2 Å². The number of para-hydroxylation sites is 1. The van der Waals surface area contributed by atoms with Gasteiger partial charge in [-0.2, -0.15) is 0 Å². The number of anilines is 1. The lowest BCUT2D eigenvalue weighted by Crippen LogP contribution is -2.43. The third-order valence-corrected chi connectivity index (χ3v) is 3.80. The van der Waals surface area contributed by atoms with Gasteiger partial charge in [0.05, 0.1) is 18.7 Å². The summed E-state index contributed by atoms with van der Waals surface area (Å²) in [7, 11) is 5.71. The second-order valence-corrected chi connectivity index (χ2v) is 6.25. The molecule has 0 aliphatic rings. The second-order valence-electron chi connectivity index (χ2n) is 6.25. The van der Waals surface area contributed by atoms with E-state index in [1.165, 1.54) is 0 Å². The van der Waals surface area contributed by atoms with Crippen molar-refractivity contribution in [3.63, 3.8) is 0 Å². The summed E-state index contributed by atoms with van der Waals surface area (Å²) in [6.45, 7) is 6.16. The maximum absolute atomic E-state index is 5.19. The van der Waals surface area contributed by atoms with Crippen molar-refractivity contribution in [2.75, 3.05) is 39.3 Å². The summed E-state index contributed by atoms with van der Waals surface area (Å²) < 4.78 is 5.19. The standard InChI is InChI=1S/C19H29N5O.HI/c1-6-20-19(22-14(2)13-25-5)21-12-15-11-18(24(3)4)23-17-10-8-7-9-16(15)17;/h7-11,14H,6,12-13H2,1-5H3,(H2,20,21,22);1H. The van der Waals surface area contributed by atoms with E-state index in [9.17, 15) is 0 Å². The van der Waals surface area contributed by atoms with Crippen LogP contribution >= 0.6 is 24.0 Å². The van der Waals surface area contributed by atoms with Crippen LogP contribution in [0.5, 0.6) is 0 Å². The Morgan fingerprint density at radius 1 is 1.31 bits per heavy atom. The Bertz CT molecular complexity index is 720. The number of nitrogens with zero attached hydrogens (tertiary/aromatic N) is 3. The number of aromatic nitrogens is 1. The molecule has 0 radical (unpaired) electrons. The molecule has 144 valence electrons. The molecule has 0 spiro atoms. The van der Waals surface area contributed by atoms with E-state index in [2.05, 4.69) is 36.6 Å². The minimum atomic E-state index is 0. The predicted octanol–water partition coefficient (Wildman–Crippen LogP) is 3.01. The number of benzene rings is 1. The lowest BCUT2D eigenvalue weighted by atomic mass is 10.1. The summed E-state index contributed by atoms with van der Waals surface area (Å²) in [6, 6.07) is 10.5. The highest BCUT2D eigenvalue weighted by atomic mass is 127. The Kier molecular flexibility index (Phi) is 9.64. The van der Waals surface area contributed by atoms with Crippen molar-refractivity contribution in [3.8, 4) is 0 Å². The van der Waals surface area contributed by atoms with Crippen LogP contribution in [0.1, 0.15) is 19.4 Å². The molecule has 2 aromatic rings. The Hall–Kier alpha value is -1.61.